The molecule has 0 aliphatic rings. The van der Waals surface area contributed by atoms with Crippen molar-refractivity contribution in [3.05, 3.63) is 100 Å². The van der Waals surface area contributed by atoms with Crippen molar-refractivity contribution in [1.29, 1.82) is 0 Å². The fraction of sp³-hybridized carbons (Fsp3) is 0.379. The molecule has 188 valence electrons. The van der Waals surface area contributed by atoms with Crippen molar-refractivity contribution in [1.82, 2.24) is 5.32 Å². The smallest absolute Gasteiger partial charge is 0.119 e. The third-order valence-electron chi connectivity index (χ3n) is 6.04. The van der Waals surface area contributed by atoms with Gasteiger partial charge in [-0.2, -0.15) is 0 Å². The van der Waals surface area contributed by atoms with Crippen LogP contribution in [-0.4, -0.2) is 43.2 Å². The molecule has 0 aliphatic carbocycles. The first-order chi connectivity index (χ1) is 17.1. The molecule has 2 atom stereocenters. The number of ether oxygens (including phenoxy) is 2. The summed E-state index contributed by atoms with van der Waals surface area (Å²) in [6, 6.07) is 23.5. The molecule has 0 radical (unpaired) electrons. The zero-order valence-electron chi connectivity index (χ0n) is 20.3. The first kappa shape index (κ1) is 27.2. The standard InChI is InChI=1S/C29H36ClNO4/c1-2-34-17-18-35-25-15-12-22(13-16-25)11-14-24(21-32)26-9-6-10-28(30)27(26)19-31-20-29(33)23-7-4-3-5-8-23/h3-10,12-13,15-16,24,29,31-33H,2,11,14,17-21H2,1H3/t24?,29-/m0/s1. The van der Waals surface area contributed by atoms with Gasteiger partial charge in [-0.3, -0.25) is 0 Å². The lowest BCUT2D eigenvalue weighted by Gasteiger charge is -2.21. The number of hydrogen-bond acceptors (Lipinski definition) is 5. The Morgan fingerprint density at radius 3 is 2.43 bits per heavy atom. The number of hydrogen-bond donors (Lipinski definition) is 3. The van der Waals surface area contributed by atoms with Crippen molar-refractivity contribution < 1.29 is 19.7 Å². The number of benzene rings is 3. The van der Waals surface area contributed by atoms with E-state index in [2.05, 4.69) is 17.4 Å². The van der Waals surface area contributed by atoms with E-state index in [1.807, 2.05) is 67.6 Å². The zero-order valence-corrected chi connectivity index (χ0v) is 21.1. The highest BCUT2D eigenvalue weighted by Gasteiger charge is 2.17. The van der Waals surface area contributed by atoms with Crippen molar-refractivity contribution >= 4 is 11.6 Å². The number of rotatable bonds is 15. The number of halogens is 1. The SMILES string of the molecule is CCOCCOc1ccc(CCC(CO)c2cccc(Cl)c2CNC[C@H](O)c2ccccc2)cc1. The summed E-state index contributed by atoms with van der Waals surface area (Å²) in [5.74, 6) is 0.791. The summed E-state index contributed by atoms with van der Waals surface area (Å²) in [7, 11) is 0. The van der Waals surface area contributed by atoms with Gasteiger partial charge in [0.05, 0.1) is 12.7 Å². The Balaban J connectivity index is 1.57. The molecule has 3 N–H and O–H groups in total. The molecule has 0 heterocycles. The van der Waals surface area contributed by atoms with Gasteiger partial charge >= 0.3 is 0 Å². The van der Waals surface area contributed by atoms with Gasteiger partial charge in [0.15, 0.2) is 0 Å². The summed E-state index contributed by atoms with van der Waals surface area (Å²) in [4.78, 5) is 0. The lowest BCUT2D eigenvalue weighted by Crippen LogP contribution is -2.22. The number of aryl methyl sites for hydroxylation is 1. The van der Waals surface area contributed by atoms with E-state index in [0.29, 0.717) is 37.9 Å². The Morgan fingerprint density at radius 2 is 1.71 bits per heavy atom. The summed E-state index contributed by atoms with van der Waals surface area (Å²) < 4.78 is 11.0. The van der Waals surface area contributed by atoms with E-state index < -0.39 is 6.10 Å². The van der Waals surface area contributed by atoms with Crippen molar-refractivity contribution in [3.63, 3.8) is 0 Å². The minimum absolute atomic E-state index is 0.0355. The molecule has 3 aromatic rings. The predicted molar refractivity (Wildman–Crippen MR) is 141 cm³/mol. The number of aliphatic hydroxyl groups is 2. The Kier molecular flexibility index (Phi) is 11.5. The highest BCUT2D eigenvalue weighted by molar-refractivity contribution is 6.31. The van der Waals surface area contributed by atoms with E-state index in [0.717, 1.165) is 35.3 Å². The van der Waals surface area contributed by atoms with E-state index in [1.165, 1.54) is 5.56 Å². The van der Waals surface area contributed by atoms with Crippen LogP contribution in [0.3, 0.4) is 0 Å². The third kappa shape index (κ3) is 8.64. The summed E-state index contributed by atoms with van der Waals surface area (Å²) in [6.07, 6.45) is 1.03. The predicted octanol–water partition coefficient (Wildman–Crippen LogP) is 5.29. The van der Waals surface area contributed by atoms with Gasteiger partial charge in [-0.1, -0.05) is 66.2 Å². The van der Waals surface area contributed by atoms with Crippen LogP contribution in [0.1, 0.15) is 47.6 Å². The lowest BCUT2D eigenvalue weighted by molar-refractivity contribution is 0.110. The van der Waals surface area contributed by atoms with E-state index in [1.54, 1.807) is 0 Å². The summed E-state index contributed by atoms with van der Waals surface area (Å²) in [5.41, 5.74) is 4.07. The molecule has 0 spiro atoms. The molecular formula is C29H36ClNO4. The monoisotopic (exact) mass is 497 g/mol. The van der Waals surface area contributed by atoms with Gasteiger partial charge in [-0.15, -0.1) is 0 Å². The fourth-order valence-electron chi connectivity index (χ4n) is 4.07. The van der Waals surface area contributed by atoms with Crippen LogP contribution in [0.4, 0.5) is 0 Å². The van der Waals surface area contributed by atoms with E-state index in [4.69, 9.17) is 21.1 Å². The molecule has 0 saturated carbocycles. The van der Waals surface area contributed by atoms with Gasteiger partial charge in [-0.25, -0.2) is 0 Å². The minimum atomic E-state index is -0.595. The Labute approximate surface area is 213 Å². The van der Waals surface area contributed by atoms with Gasteiger partial charge in [0.2, 0.25) is 0 Å². The van der Waals surface area contributed by atoms with Gasteiger partial charge in [0.1, 0.15) is 12.4 Å². The molecule has 0 bridgehead atoms. The van der Waals surface area contributed by atoms with Crippen molar-refractivity contribution in [2.75, 3.05) is 33.0 Å². The first-order valence-electron chi connectivity index (χ1n) is 12.2. The molecule has 3 rings (SSSR count). The quantitative estimate of drug-likeness (QED) is 0.249. The first-order valence-corrected chi connectivity index (χ1v) is 12.6. The molecule has 0 aliphatic heterocycles. The van der Waals surface area contributed by atoms with Gasteiger partial charge in [-0.05, 0) is 60.2 Å². The highest BCUT2D eigenvalue weighted by Crippen LogP contribution is 2.30. The number of nitrogens with one attached hydrogen (secondary N) is 1. The van der Waals surface area contributed by atoms with Crippen molar-refractivity contribution in [2.45, 2.75) is 38.3 Å². The van der Waals surface area contributed by atoms with Crippen LogP contribution >= 0.6 is 11.6 Å². The summed E-state index contributed by atoms with van der Waals surface area (Å²) in [5, 5.41) is 24.6. The molecule has 35 heavy (non-hydrogen) atoms. The van der Waals surface area contributed by atoms with Gasteiger partial charge in [0, 0.05) is 37.2 Å². The lowest BCUT2D eigenvalue weighted by atomic mass is 9.89. The molecular weight excluding hydrogens is 462 g/mol. The summed E-state index contributed by atoms with van der Waals surface area (Å²) >= 11 is 6.55. The average Bonchev–Trinajstić information content (AvgIpc) is 2.89. The van der Waals surface area contributed by atoms with E-state index >= 15 is 0 Å². The largest absolute Gasteiger partial charge is 0.491 e. The van der Waals surface area contributed by atoms with Gasteiger partial charge in [0.25, 0.3) is 0 Å². The molecule has 6 heteroatoms. The third-order valence-corrected chi connectivity index (χ3v) is 6.40. The highest BCUT2D eigenvalue weighted by atomic mass is 35.5. The van der Waals surface area contributed by atoms with E-state index in [9.17, 15) is 10.2 Å². The van der Waals surface area contributed by atoms with Crippen LogP contribution in [0.5, 0.6) is 5.75 Å². The number of aliphatic hydroxyl groups excluding tert-OH is 2. The normalized spacial score (nSPS) is 12.9. The molecule has 0 saturated heterocycles. The minimum Gasteiger partial charge on any atom is -0.491 e. The Hall–Kier alpha value is -2.41. The maximum absolute atomic E-state index is 10.4. The van der Waals surface area contributed by atoms with E-state index in [-0.39, 0.29) is 12.5 Å². The average molecular weight is 498 g/mol. The van der Waals surface area contributed by atoms with Crippen LogP contribution in [0.25, 0.3) is 0 Å². The zero-order chi connectivity index (χ0) is 24.9. The topological polar surface area (TPSA) is 71.0 Å². The maximum Gasteiger partial charge on any atom is 0.119 e. The van der Waals surface area contributed by atoms with Crippen LogP contribution in [0, 0.1) is 0 Å². The van der Waals surface area contributed by atoms with Crippen LogP contribution in [0.2, 0.25) is 5.02 Å². The van der Waals surface area contributed by atoms with Crippen molar-refractivity contribution in [2.24, 2.45) is 0 Å². The fourth-order valence-corrected chi connectivity index (χ4v) is 4.32. The van der Waals surface area contributed by atoms with Crippen LogP contribution < -0.4 is 10.1 Å². The molecule has 5 nitrogen and oxygen atoms in total. The molecule has 1 unspecified atom stereocenters. The Bertz CT molecular complexity index is 997. The summed E-state index contributed by atoms with van der Waals surface area (Å²) in [6.45, 7) is 4.74. The molecule has 0 fully saturated rings. The van der Waals surface area contributed by atoms with Crippen LogP contribution in [0.15, 0.2) is 72.8 Å². The second-order valence-electron chi connectivity index (χ2n) is 8.47. The van der Waals surface area contributed by atoms with Crippen LogP contribution in [-0.2, 0) is 17.7 Å². The molecule has 3 aromatic carbocycles. The molecule has 0 amide bonds. The second-order valence-corrected chi connectivity index (χ2v) is 8.88. The second kappa shape index (κ2) is 14.9. The maximum atomic E-state index is 10.4. The van der Waals surface area contributed by atoms with Crippen molar-refractivity contribution in [3.8, 4) is 5.75 Å². The molecule has 0 aromatic heterocycles. The van der Waals surface area contributed by atoms with Gasteiger partial charge < -0.3 is 25.0 Å². The Morgan fingerprint density at radius 1 is 0.943 bits per heavy atom.